The molecule has 2 aromatic rings. The summed E-state index contributed by atoms with van der Waals surface area (Å²) in [6, 6.07) is 9.88. The second kappa shape index (κ2) is 5.48. The molecule has 0 aliphatic rings. The van der Waals surface area contributed by atoms with Crippen LogP contribution in [0.4, 0.5) is 13.2 Å². The first-order valence-electron chi connectivity index (χ1n) is 5.36. The van der Waals surface area contributed by atoms with Crippen molar-refractivity contribution in [1.29, 1.82) is 5.26 Å². The second-order valence-electron chi connectivity index (χ2n) is 3.62. The monoisotopic (exact) mass is 280 g/mol. The van der Waals surface area contributed by atoms with E-state index in [9.17, 15) is 13.2 Å². The van der Waals surface area contributed by atoms with Gasteiger partial charge in [0.25, 0.3) is 0 Å². The van der Waals surface area contributed by atoms with E-state index in [2.05, 4.69) is 9.72 Å². The molecule has 1 heterocycles. The van der Waals surface area contributed by atoms with Gasteiger partial charge in [-0.3, -0.25) is 0 Å². The van der Waals surface area contributed by atoms with Crippen molar-refractivity contribution in [3.05, 3.63) is 48.3 Å². The quantitative estimate of drug-likeness (QED) is 0.861. The van der Waals surface area contributed by atoms with Crippen molar-refractivity contribution in [2.75, 3.05) is 0 Å². The van der Waals surface area contributed by atoms with Crippen LogP contribution < -0.4 is 9.47 Å². The van der Waals surface area contributed by atoms with Crippen LogP contribution >= 0.6 is 0 Å². The summed E-state index contributed by atoms with van der Waals surface area (Å²) in [6.07, 6.45) is -3.45. The Labute approximate surface area is 112 Å². The third-order valence-electron chi connectivity index (χ3n) is 2.13. The van der Waals surface area contributed by atoms with E-state index in [-0.39, 0.29) is 17.2 Å². The highest BCUT2D eigenvalue weighted by molar-refractivity contribution is 5.37. The molecule has 0 fully saturated rings. The Hall–Kier alpha value is -2.75. The maximum atomic E-state index is 12.1. The van der Waals surface area contributed by atoms with Gasteiger partial charge in [-0.15, -0.1) is 13.2 Å². The Kier molecular flexibility index (Phi) is 3.75. The van der Waals surface area contributed by atoms with Crippen molar-refractivity contribution >= 4 is 0 Å². The second-order valence-corrected chi connectivity index (χ2v) is 3.62. The fourth-order valence-electron chi connectivity index (χ4n) is 1.38. The summed E-state index contributed by atoms with van der Waals surface area (Å²) in [6.45, 7) is 0. The molecule has 0 radical (unpaired) electrons. The van der Waals surface area contributed by atoms with Gasteiger partial charge < -0.3 is 9.47 Å². The van der Waals surface area contributed by atoms with Crippen molar-refractivity contribution in [3.8, 4) is 23.3 Å². The topological polar surface area (TPSA) is 55.1 Å². The van der Waals surface area contributed by atoms with E-state index in [0.29, 0.717) is 5.75 Å². The van der Waals surface area contributed by atoms with Crippen LogP contribution in [0.2, 0.25) is 0 Å². The average Bonchev–Trinajstić information content (AvgIpc) is 2.38. The first-order valence-corrected chi connectivity index (χ1v) is 5.36. The molecule has 102 valence electrons. The number of nitriles is 1. The van der Waals surface area contributed by atoms with Gasteiger partial charge in [-0.25, -0.2) is 4.98 Å². The van der Waals surface area contributed by atoms with Crippen LogP contribution in [0, 0.1) is 11.3 Å². The van der Waals surface area contributed by atoms with Crippen molar-refractivity contribution in [2.24, 2.45) is 0 Å². The maximum absolute atomic E-state index is 12.1. The zero-order chi connectivity index (χ0) is 14.6. The van der Waals surface area contributed by atoms with Gasteiger partial charge in [0, 0.05) is 6.07 Å². The third-order valence-corrected chi connectivity index (χ3v) is 2.13. The number of ether oxygens (including phenoxy) is 2. The van der Waals surface area contributed by atoms with Crippen LogP contribution in [0.15, 0.2) is 42.6 Å². The molecule has 0 saturated heterocycles. The fraction of sp³-hybridized carbons (Fsp3) is 0.0769. The lowest BCUT2D eigenvalue weighted by molar-refractivity contribution is -0.274. The van der Waals surface area contributed by atoms with Crippen molar-refractivity contribution in [2.45, 2.75) is 6.36 Å². The normalized spacial score (nSPS) is 10.7. The Morgan fingerprint density at radius 3 is 2.40 bits per heavy atom. The minimum atomic E-state index is -4.76. The summed E-state index contributed by atoms with van der Waals surface area (Å²) in [7, 11) is 0. The molecule has 0 amide bonds. The number of hydrogen-bond acceptors (Lipinski definition) is 4. The summed E-state index contributed by atoms with van der Waals surface area (Å²) in [5.74, 6) is 0.0861. The Balaban J connectivity index is 2.13. The lowest BCUT2D eigenvalue weighted by Crippen LogP contribution is -2.17. The van der Waals surface area contributed by atoms with Gasteiger partial charge in [0.2, 0.25) is 0 Å². The summed E-state index contributed by atoms with van der Waals surface area (Å²) >= 11 is 0. The summed E-state index contributed by atoms with van der Waals surface area (Å²) in [5, 5.41) is 8.59. The molecule has 0 aliphatic heterocycles. The molecule has 0 aliphatic carbocycles. The summed E-state index contributed by atoms with van der Waals surface area (Å²) < 4.78 is 45.3. The van der Waals surface area contributed by atoms with E-state index in [4.69, 9.17) is 10.00 Å². The van der Waals surface area contributed by atoms with Crippen LogP contribution in [0.25, 0.3) is 0 Å². The Morgan fingerprint density at radius 2 is 1.80 bits per heavy atom. The zero-order valence-corrected chi connectivity index (χ0v) is 9.89. The van der Waals surface area contributed by atoms with Crippen molar-refractivity contribution in [3.63, 3.8) is 0 Å². The van der Waals surface area contributed by atoms with Gasteiger partial charge in [0.1, 0.15) is 29.0 Å². The summed E-state index contributed by atoms with van der Waals surface area (Å²) in [5.41, 5.74) is 0.214. The minimum Gasteiger partial charge on any atom is -0.456 e. The van der Waals surface area contributed by atoms with E-state index in [1.165, 1.54) is 30.5 Å². The number of halogens is 3. The molecule has 20 heavy (non-hydrogen) atoms. The Morgan fingerprint density at radius 1 is 1.05 bits per heavy atom. The van der Waals surface area contributed by atoms with Gasteiger partial charge in [-0.05, 0) is 24.3 Å². The number of nitrogens with zero attached hydrogens (tertiary/aromatic N) is 2. The maximum Gasteiger partial charge on any atom is 0.573 e. The predicted octanol–water partition coefficient (Wildman–Crippen LogP) is 3.64. The zero-order valence-electron chi connectivity index (χ0n) is 9.89. The minimum absolute atomic E-state index is 0.165. The molecule has 7 heteroatoms. The number of aromatic nitrogens is 1. The molecular formula is C13H7F3N2O2. The molecule has 0 saturated carbocycles. The highest BCUT2D eigenvalue weighted by Gasteiger charge is 2.31. The van der Waals surface area contributed by atoms with E-state index >= 15 is 0 Å². The van der Waals surface area contributed by atoms with Gasteiger partial charge in [-0.2, -0.15) is 5.26 Å². The van der Waals surface area contributed by atoms with Crippen LogP contribution in [0.3, 0.4) is 0 Å². The van der Waals surface area contributed by atoms with Gasteiger partial charge in [-0.1, -0.05) is 6.07 Å². The molecule has 0 N–H and O–H groups in total. The number of alkyl halides is 3. The van der Waals surface area contributed by atoms with Crippen LogP contribution in [0.5, 0.6) is 17.2 Å². The highest BCUT2D eigenvalue weighted by Crippen LogP contribution is 2.28. The molecular weight excluding hydrogens is 273 g/mol. The molecule has 0 spiro atoms. The fourth-order valence-corrected chi connectivity index (χ4v) is 1.38. The molecule has 1 aromatic heterocycles. The van der Waals surface area contributed by atoms with Crippen LogP contribution in [0.1, 0.15) is 5.69 Å². The largest absolute Gasteiger partial charge is 0.573 e. The standard InChI is InChI=1S/C13H7F3N2O2/c14-13(15,16)20-11-3-1-2-10(6-11)19-12-5-4-9(7-17)18-8-12/h1-6,8H. The van der Waals surface area contributed by atoms with Crippen molar-refractivity contribution < 1.29 is 22.6 Å². The van der Waals surface area contributed by atoms with E-state index < -0.39 is 6.36 Å². The number of benzene rings is 1. The Bertz CT molecular complexity index is 633. The average molecular weight is 280 g/mol. The molecule has 0 atom stereocenters. The van der Waals surface area contributed by atoms with Crippen LogP contribution in [-0.2, 0) is 0 Å². The van der Waals surface area contributed by atoms with Crippen LogP contribution in [-0.4, -0.2) is 11.3 Å². The predicted molar refractivity (Wildman–Crippen MR) is 62.2 cm³/mol. The summed E-state index contributed by atoms with van der Waals surface area (Å²) in [4.78, 5) is 3.78. The van der Waals surface area contributed by atoms with Gasteiger partial charge in [0.05, 0.1) is 6.20 Å². The highest BCUT2D eigenvalue weighted by atomic mass is 19.4. The lowest BCUT2D eigenvalue weighted by atomic mass is 10.3. The van der Waals surface area contributed by atoms with E-state index in [1.54, 1.807) is 0 Å². The first kappa shape index (κ1) is 13.7. The number of hydrogen-bond donors (Lipinski definition) is 0. The van der Waals surface area contributed by atoms with Gasteiger partial charge >= 0.3 is 6.36 Å². The van der Waals surface area contributed by atoms with E-state index in [1.807, 2.05) is 6.07 Å². The number of rotatable bonds is 3. The molecule has 0 bridgehead atoms. The third kappa shape index (κ3) is 3.88. The lowest BCUT2D eigenvalue weighted by Gasteiger charge is -2.10. The smallest absolute Gasteiger partial charge is 0.456 e. The molecule has 4 nitrogen and oxygen atoms in total. The molecule has 0 unspecified atom stereocenters. The molecule has 1 aromatic carbocycles. The first-order chi connectivity index (χ1) is 9.46. The van der Waals surface area contributed by atoms with E-state index in [0.717, 1.165) is 12.1 Å². The van der Waals surface area contributed by atoms with Gasteiger partial charge in [0.15, 0.2) is 0 Å². The molecule has 2 rings (SSSR count). The SMILES string of the molecule is N#Cc1ccc(Oc2cccc(OC(F)(F)F)c2)cn1. The number of pyridine rings is 1. The van der Waals surface area contributed by atoms with Crippen molar-refractivity contribution in [1.82, 2.24) is 4.98 Å².